The van der Waals surface area contributed by atoms with Gasteiger partial charge in [0.25, 0.3) is 5.97 Å². The van der Waals surface area contributed by atoms with Gasteiger partial charge in [-0.25, -0.2) is 0 Å². The van der Waals surface area contributed by atoms with Gasteiger partial charge in [-0.2, -0.15) is 0 Å². The molecule has 0 aliphatic heterocycles. The summed E-state index contributed by atoms with van der Waals surface area (Å²) in [6.45, 7) is 15.0. The van der Waals surface area contributed by atoms with Gasteiger partial charge in [0.2, 0.25) is 0 Å². The van der Waals surface area contributed by atoms with E-state index in [1.54, 1.807) is 0 Å². The van der Waals surface area contributed by atoms with Crippen LogP contribution in [-0.4, -0.2) is 11.1 Å². The highest BCUT2D eigenvalue weighted by atomic mass is 127. The topological polar surface area (TPSA) is 37.3 Å². The van der Waals surface area contributed by atoms with Gasteiger partial charge in [-0.1, -0.05) is 77.9 Å². The van der Waals surface area contributed by atoms with Crippen molar-refractivity contribution >= 4 is 28.6 Å². The molecule has 2 nitrogen and oxygen atoms in total. The van der Waals surface area contributed by atoms with Crippen LogP contribution in [0.25, 0.3) is 11.1 Å². The standard InChI is InChI=1S/C20H25I.C2H4O2/c1-19(2,3)15-12-13-16(21)17(18(15)20(4,5)6)14-10-8-7-9-11-14;1-2(3)4/h7-13H,1-6H3;1H3,(H,3,4). The molecule has 25 heavy (non-hydrogen) atoms. The third-order valence-electron chi connectivity index (χ3n) is 3.77. The van der Waals surface area contributed by atoms with Crippen molar-refractivity contribution in [3.63, 3.8) is 0 Å². The Morgan fingerprint density at radius 2 is 1.36 bits per heavy atom. The molecule has 0 saturated carbocycles. The van der Waals surface area contributed by atoms with Gasteiger partial charge in [0.15, 0.2) is 0 Å². The molecule has 2 aromatic rings. The number of carbonyl (C=O) groups is 1. The lowest BCUT2D eigenvalue weighted by atomic mass is 9.72. The molecule has 0 saturated heterocycles. The zero-order valence-corrected chi connectivity index (χ0v) is 18.4. The van der Waals surface area contributed by atoms with Crippen LogP contribution in [0, 0.1) is 3.57 Å². The van der Waals surface area contributed by atoms with Crippen molar-refractivity contribution < 1.29 is 9.90 Å². The molecule has 0 unspecified atom stereocenters. The molecule has 2 aromatic carbocycles. The summed E-state index contributed by atoms with van der Waals surface area (Å²) in [7, 11) is 0. The second kappa shape index (κ2) is 8.35. The van der Waals surface area contributed by atoms with Gasteiger partial charge < -0.3 is 5.11 Å². The minimum absolute atomic E-state index is 0.120. The number of hydrogen-bond donors (Lipinski definition) is 1. The molecule has 136 valence electrons. The van der Waals surface area contributed by atoms with Crippen LogP contribution in [0.4, 0.5) is 0 Å². The fraction of sp³-hybridized carbons (Fsp3) is 0.409. The molecule has 2 rings (SSSR count). The van der Waals surface area contributed by atoms with Gasteiger partial charge in [-0.3, -0.25) is 4.79 Å². The predicted molar refractivity (Wildman–Crippen MR) is 115 cm³/mol. The summed E-state index contributed by atoms with van der Waals surface area (Å²) in [5.74, 6) is -0.833. The lowest BCUT2D eigenvalue weighted by molar-refractivity contribution is -0.134. The largest absolute Gasteiger partial charge is 0.481 e. The van der Waals surface area contributed by atoms with Crippen LogP contribution in [0.2, 0.25) is 0 Å². The van der Waals surface area contributed by atoms with E-state index in [9.17, 15) is 0 Å². The molecule has 0 spiro atoms. The van der Waals surface area contributed by atoms with E-state index < -0.39 is 5.97 Å². The van der Waals surface area contributed by atoms with Crippen LogP contribution in [-0.2, 0) is 15.6 Å². The van der Waals surface area contributed by atoms with Crippen LogP contribution < -0.4 is 0 Å². The van der Waals surface area contributed by atoms with E-state index in [1.807, 2.05) is 0 Å². The van der Waals surface area contributed by atoms with Gasteiger partial charge in [-0.05, 0) is 61.7 Å². The van der Waals surface area contributed by atoms with Crippen molar-refractivity contribution in [2.45, 2.75) is 59.3 Å². The third-order valence-corrected chi connectivity index (χ3v) is 4.67. The highest BCUT2D eigenvalue weighted by Crippen LogP contribution is 2.42. The van der Waals surface area contributed by atoms with E-state index >= 15 is 0 Å². The molecule has 0 heterocycles. The van der Waals surface area contributed by atoms with Crippen molar-refractivity contribution in [3.05, 3.63) is 57.2 Å². The summed E-state index contributed by atoms with van der Waals surface area (Å²) in [5, 5.41) is 7.42. The van der Waals surface area contributed by atoms with Crippen LogP contribution in [0.5, 0.6) is 0 Å². The third kappa shape index (κ3) is 6.14. The molecular formula is C22H29IO2. The number of benzene rings is 2. The Balaban J connectivity index is 0.000000705. The van der Waals surface area contributed by atoms with E-state index in [0.29, 0.717) is 0 Å². The minimum Gasteiger partial charge on any atom is -0.481 e. The zero-order chi connectivity index (χ0) is 19.4. The second-order valence-corrected chi connectivity index (χ2v) is 9.39. The van der Waals surface area contributed by atoms with Crippen molar-refractivity contribution in [3.8, 4) is 11.1 Å². The Morgan fingerprint density at radius 1 is 0.880 bits per heavy atom. The molecule has 0 bridgehead atoms. The lowest BCUT2D eigenvalue weighted by Gasteiger charge is -2.33. The quantitative estimate of drug-likeness (QED) is 0.493. The molecule has 0 atom stereocenters. The fourth-order valence-electron chi connectivity index (χ4n) is 2.87. The highest BCUT2D eigenvalue weighted by molar-refractivity contribution is 14.1. The number of aliphatic carboxylic acids is 1. The van der Waals surface area contributed by atoms with Crippen LogP contribution in [0.1, 0.15) is 59.6 Å². The van der Waals surface area contributed by atoms with E-state index in [4.69, 9.17) is 9.90 Å². The van der Waals surface area contributed by atoms with E-state index in [-0.39, 0.29) is 10.8 Å². The number of carboxylic acid groups (broad SMARTS) is 1. The SMILES string of the molecule is CC(=O)O.CC(C)(C)c1ccc(I)c(-c2ccccc2)c1C(C)(C)C. The Morgan fingerprint density at radius 3 is 1.76 bits per heavy atom. The molecule has 0 fully saturated rings. The number of halogens is 1. The summed E-state index contributed by atoms with van der Waals surface area (Å²) >= 11 is 2.47. The first-order valence-corrected chi connectivity index (χ1v) is 9.52. The van der Waals surface area contributed by atoms with Crippen molar-refractivity contribution in [1.29, 1.82) is 0 Å². The van der Waals surface area contributed by atoms with Crippen LogP contribution in [0.15, 0.2) is 42.5 Å². The number of rotatable bonds is 1. The van der Waals surface area contributed by atoms with E-state index in [1.165, 1.54) is 25.8 Å². The monoisotopic (exact) mass is 452 g/mol. The first-order chi connectivity index (χ1) is 11.4. The van der Waals surface area contributed by atoms with E-state index in [2.05, 4.69) is 107 Å². The summed E-state index contributed by atoms with van der Waals surface area (Å²) in [6.07, 6.45) is 0. The van der Waals surface area contributed by atoms with Gasteiger partial charge in [-0.15, -0.1) is 0 Å². The molecule has 0 amide bonds. The normalized spacial score (nSPS) is 11.5. The average Bonchev–Trinajstić information content (AvgIpc) is 2.45. The maximum absolute atomic E-state index is 9.00. The number of hydrogen-bond acceptors (Lipinski definition) is 1. The van der Waals surface area contributed by atoms with Crippen molar-refractivity contribution in [2.24, 2.45) is 0 Å². The van der Waals surface area contributed by atoms with Gasteiger partial charge >= 0.3 is 0 Å². The van der Waals surface area contributed by atoms with Gasteiger partial charge in [0, 0.05) is 10.5 Å². The molecule has 0 aromatic heterocycles. The summed E-state index contributed by atoms with van der Waals surface area (Å²) in [4.78, 5) is 9.00. The molecule has 3 heteroatoms. The summed E-state index contributed by atoms with van der Waals surface area (Å²) in [5.41, 5.74) is 5.92. The van der Waals surface area contributed by atoms with Gasteiger partial charge in [0.05, 0.1) is 0 Å². The zero-order valence-electron chi connectivity index (χ0n) is 16.3. The van der Waals surface area contributed by atoms with Crippen molar-refractivity contribution in [2.75, 3.05) is 0 Å². The first-order valence-electron chi connectivity index (χ1n) is 8.44. The Hall–Kier alpha value is -1.36. The predicted octanol–water partition coefficient (Wildman–Crippen LogP) is 6.64. The maximum Gasteiger partial charge on any atom is 0.300 e. The smallest absolute Gasteiger partial charge is 0.300 e. The first kappa shape index (κ1) is 21.7. The van der Waals surface area contributed by atoms with Crippen LogP contribution in [0.3, 0.4) is 0 Å². The molecule has 0 aliphatic carbocycles. The minimum atomic E-state index is -0.833. The highest BCUT2D eigenvalue weighted by Gasteiger charge is 2.29. The molecule has 0 aliphatic rings. The Bertz CT molecular complexity index is 716. The molecule has 1 N–H and O–H groups in total. The van der Waals surface area contributed by atoms with E-state index in [0.717, 1.165) is 6.92 Å². The fourth-order valence-corrected chi connectivity index (χ4v) is 3.63. The van der Waals surface area contributed by atoms with Crippen LogP contribution >= 0.6 is 22.6 Å². The Kier molecular flexibility index (Phi) is 7.24. The maximum atomic E-state index is 9.00. The molecular weight excluding hydrogens is 423 g/mol. The summed E-state index contributed by atoms with van der Waals surface area (Å²) < 4.78 is 1.33. The number of carboxylic acids is 1. The average molecular weight is 452 g/mol. The molecule has 0 radical (unpaired) electrons. The lowest BCUT2D eigenvalue weighted by Crippen LogP contribution is -2.23. The summed E-state index contributed by atoms with van der Waals surface area (Å²) in [6, 6.07) is 15.4. The van der Waals surface area contributed by atoms with Crippen molar-refractivity contribution in [1.82, 2.24) is 0 Å². The van der Waals surface area contributed by atoms with Gasteiger partial charge in [0.1, 0.15) is 0 Å². The second-order valence-electron chi connectivity index (χ2n) is 8.23. The Labute approximate surface area is 165 Å².